The fourth-order valence-electron chi connectivity index (χ4n) is 2.95. The zero-order chi connectivity index (χ0) is 20.4. The molecule has 0 aliphatic heterocycles. The van der Waals surface area contributed by atoms with Crippen LogP contribution in [0.2, 0.25) is 0 Å². The molecule has 0 bridgehead atoms. The molecule has 0 amide bonds. The molecule has 0 saturated heterocycles. The average molecular weight is 386 g/mol. The predicted octanol–water partition coefficient (Wildman–Crippen LogP) is 4.80. The predicted molar refractivity (Wildman–Crippen MR) is 107 cm³/mol. The maximum absolute atomic E-state index is 11.4. The van der Waals surface area contributed by atoms with E-state index in [-0.39, 0.29) is 11.3 Å². The van der Waals surface area contributed by atoms with E-state index in [2.05, 4.69) is 16.0 Å². The Morgan fingerprint density at radius 3 is 2.83 bits per heavy atom. The van der Waals surface area contributed by atoms with Gasteiger partial charge in [0.15, 0.2) is 0 Å². The Balaban J connectivity index is 1.72. The number of methoxy groups -OCH3 is 1. The normalized spacial score (nSPS) is 11.4. The van der Waals surface area contributed by atoms with Crippen molar-refractivity contribution in [2.45, 2.75) is 0 Å². The molecule has 0 atom stereocenters. The fourth-order valence-corrected chi connectivity index (χ4v) is 2.95. The van der Waals surface area contributed by atoms with Gasteiger partial charge in [0, 0.05) is 6.08 Å². The topological polar surface area (TPSA) is 118 Å². The van der Waals surface area contributed by atoms with Gasteiger partial charge in [0.05, 0.1) is 40.3 Å². The number of ether oxygens (including phenoxy) is 1. The van der Waals surface area contributed by atoms with Gasteiger partial charge in [0.1, 0.15) is 29.2 Å². The average Bonchev–Trinajstić information content (AvgIpc) is 3.38. The number of hydrogen-bond acceptors (Lipinski definition) is 6. The highest BCUT2D eigenvalue weighted by molar-refractivity contribution is 5.89. The van der Waals surface area contributed by atoms with Crippen LogP contribution in [0.4, 0.5) is 5.69 Å². The van der Waals surface area contributed by atoms with E-state index < -0.39 is 4.92 Å². The van der Waals surface area contributed by atoms with E-state index in [1.54, 1.807) is 24.3 Å². The number of nitriles is 1. The number of H-pyrrole nitrogens is 1. The number of allylic oxidation sites excluding steroid dienone is 1. The van der Waals surface area contributed by atoms with Crippen LogP contribution in [0.25, 0.3) is 34.0 Å². The third-order valence-electron chi connectivity index (χ3n) is 4.35. The molecule has 0 unspecified atom stereocenters. The number of aromatic nitrogens is 2. The Morgan fingerprint density at radius 1 is 1.28 bits per heavy atom. The lowest BCUT2D eigenvalue weighted by molar-refractivity contribution is -0.384. The second-order valence-corrected chi connectivity index (χ2v) is 6.11. The van der Waals surface area contributed by atoms with Gasteiger partial charge in [-0.1, -0.05) is 12.1 Å². The molecule has 1 N–H and O–H groups in total. The first-order chi connectivity index (χ1) is 14.1. The van der Waals surface area contributed by atoms with Gasteiger partial charge in [-0.3, -0.25) is 10.1 Å². The highest BCUT2D eigenvalue weighted by Crippen LogP contribution is 2.34. The summed E-state index contributed by atoms with van der Waals surface area (Å²) in [5, 5.41) is 20.9. The first-order valence-corrected chi connectivity index (χ1v) is 8.58. The highest BCUT2D eigenvalue weighted by Gasteiger charge is 2.19. The quantitative estimate of drug-likeness (QED) is 0.299. The third-order valence-corrected chi connectivity index (χ3v) is 4.35. The number of rotatable bonds is 5. The maximum Gasteiger partial charge on any atom is 0.284 e. The second kappa shape index (κ2) is 7.32. The second-order valence-electron chi connectivity index (χ2n) is 6.11. The zero-order valence-corrected chi connectivity index (χ0v) is 15.2. The largest absolute Gasteiger partial charge is 0.497 e. The zero-order valence-electron chi connectivity index (χ0n) is 15.2. The van der Waals surface area contributed by atoms with Gasteiger partial charge in [-0.2, -0.15) is 5.26 Å². The van der Waals surface area contributed by atoms with Gasteiger partial charge in [0.25, 0.3) is 5.69 Å². The molecular weight excluding hydrogens is 372 g/mol. The summed E-state index contributed by atoms with van der Waals surface area (Å²) in [5.74, 6) is 1.49. The summed E-state index contributed by atoms with van der Waals surface area (Å²) in [7, 11) is 1.44. The molecular formula is C21H14N4O4. The summed E-state index contributed by atoms with van der Waals surface area (Å²) >= 11 is 0. The molecule has 2 aromatic heterocycles. The molecule has 29 heavy (non-hydrogen) atoms. The molecule has 0 aliphatic carbocycles. The summed E-state index contributed by atoms with van der Waals surface area (Å²) in [4.78, 5) is 18.4. The van der Waals surface area contributed by atoms with Gasteiger partial charge < -0.3 is 14.1 Å². The van der Waals surface area contributed by atoms with Gasteiger partial charge in [-0.05, 0) is 36.4 Å². The van der Waals surface area contributed by atoms with E-state index in [9.17, 15) is 15.4 Å². The standard InChI is InChI=1S/C21H14N4O4/c1-28-14-6-8-16(19(11-14)25(26)27)20-9-7-15(29-20)10-13(12-22)21-23-17-4-2-3-5-18(17)24-21/h2-11H,1H3,(H,23,24)/b13-10+. The van der Waals surface area contributed by atoms with Gasteiger partial charge in [-0.25, -0.2) is 4.98 Å². The summed E-state index contributed by atoms with van der Waals surface area (Å²) in [6.45, 7) is 0. The van der Waals surface area contributed by atoms with Crippen LogP contribution in [0.1, 0.15) is 11.6 Å². The van der Waals surface area contributed by atoms with Crippen LogP contribution in [0.3, 0.4) is 0 Å². The molecule has 8 nitrogen and oxygen atoms in total. The van der Waals surface area contributed by atoms with Gasteiger partial charge >= 0.3 is 0 Å². The van der Waals surface area contributed by atoms with E-state index >= 15 is 0 Å². The van der Waals surface area contributed by atoms with E-state index in [0.717, 1.165) is 11.0 Å². The van der Waals surface area contributed by atoms with Crippen LogP contribution >= 0.6 is 0 Å². The first-order valence-electron chi connectivity index (χ1n) is 8.58. The lowest BCUT2D eigenvalue weighted by Crippen LogP contribution is -1.93. The number of imidazole rings is 1. The van der Waals surface area contributed by atoms with E-state index in [4.69, 9.17) is 9.15 Å². The third kappa shape index (κ3) is 3.44. The lowest BCUT2D eigenvalue weighted by Gasteiger charge is -2.03. The molecule has 8 heteroatoms. The number of nitrogens with zero attached hydrogens (tertiary/aromatic N) is 3. The fraction of sp³-hybridized carbons (Fsp3) is 0.0476. The van der Waals surface area contributed by atoms with Crippen LogP contribution < -0.4 is 4.74 Å². The number of para-hydroxylation sites is 2. The minimum atomic E-state index is -0.495. The van der Waals surface area contributed by atoms with E-state index in [1.807, 2.05) is 24.3 Å². The Hall–Kier alpha value is -4.38. The van der Waals surface area contributed by atoms with Crippen molar-refractivity contribution >= 4 is 28.4 Å². The van der Waals surface area contributed by atoms with Crippen LogP contribution in [0.5, 0.6) is 5.75 Å². The maximum atomic E-state index is 11.4. The Morgan fingerprint density at radius 2 is 2.10 bits per heavy atom. The number of nitrogens with one attached hydrogen (secondary N) is 1. The van der Waals surface area contributed by atoms with Crippen molar-refractivity contribution in [3.8, 4) is 23.1 Å². The molecule has 142 valence electrons. The molecule has 0 radical (unpaired) electrons. The number of aromatic amines is 1. The minimum Gasteiger partial charge on any atom is -0.497 e. The Labute approximate surface area is 164 Å². The number of nitro benzene ring substituents is 1. The van der Waals surface area contributed by atoms with Crippen LogP contribution in [0.15, 0.2) is 59.0 Å². The van der Waals surface area contributed by atoms with Gasteiger partial charge in [-0.15, -0.1) is 0 Å². The van der Waals surface area contributed by atoms with Gasteiger partial charge in [0.2, 0.25) is 0 Å². The number of furan rings is 1. The van der Waals surface area contributed by atoms with Crippen molar-refractivity contribution < 1.29 is 14.1 Å². The van der Waals surface area contributed by atoms with E-state index in [1.165, 1.54) is 19.3 Å². The molecule has 2 heterocycles. The molecule has 0 fully saturated rings. The molecule has 4 aromatic rings. The van der Waals surface area contributed by atoms with Crippen molar-refractivity contribution in [2.75, 3.05) is 7.11 Å². The first kappa shape index (κ1) is 18.0. The van der Waals surface area contributed by atoms with Crippen LogP contribution in [-0.2, 0) is 0 Å². The molecule has 2 aromatic carbocycles. The summed E-state index contributed by atoms with van der Waals surface area (Å²) in [6.07, 6.45) is 1.54. The smallest absolute Gasteiger partial charge is 0.284 e. The lowest BCUT2D eigenvalue weighted by atomic mass is 10.1. The Bertz CT molecular complexity index is 1260. The molecule has 0 saturated carbocycles. The number of nitro groups is 1. The molecule has 0 spiro atoms. The van der Waals surface area contributed by atoms with Crippen molar-refractivity contribution in [2.24, 2.45) is 0 Å². The summed E-state index contributed by atoms with van der Waals surface area (Å²) < 4.78 is 10.8. The molecule has 0 aliphatic rings. The van der Waals surface area contributed by atoms with Crippen molar-refractivity contribution in [3.63, 3.8) is 0 Å². The van der Waals surface area contributed by atoms with Crippen molar-refractivity contribution in [1.29, 1.82) is 5.26 Å². The SMILES string of the molecule is COc1ccc(-c2ccc(/C=C(\C#N)c3nc4ccccc4[nH]3)o2)c([N+](=O)[O-])c1. The number of benzene rings is 2. The van der Waals surface area contributed by atoms with Crippen LogP contribution in [-0.4, -0.2) is 22.0 Å². The van der Waals surface area contributed by atoms with E-state index in [0.29, 0.717) is 28.7 Å². The minimum absolute atomic E-state index is 0.132. The molecule has 4 rings (SSSR count). The van der Waals surface area contributed by atoms with Crippen molar-refractivity contribution in [1.82, 2.24) is 9.97 Å². The highest BCUT2D eigenvalue weighted by atomic mass is 16.6. The number of fused-ring (bicyclic) bond motifs is 1. The van der Waals surface area contributed by atoms with Crippen molar-refractivity contribution in [3.05, 3.63) is 76.3 Å². The monoisotopic (exact) mass is 386 g/mol. The Kier molecular flexibility index (Phi) is 4.55. The summed E-state index contributed by atoms with van der Waals surface area (Å²) in [5.41, 5.74) is 2.03. The summed E-state index contributed by atoms with van der Waals surface area (Å²) in [6, 6.07) is 17.3. The number of hydrogen-bond donors (Lipinski definition) is 1. The van der Waals surface area contributed by atoms with Crippen LogP contribution in [0, 0.1) is 21.4 Å².